The third-order valence-electron chi connectivity index (χ3n) is 3.00. The lowest BCUT2D eigenvalue weighted by molar-refractivity contribution is -0.120. The Morgan fingerprint density at radius 2 is 2.09 bits per heavy atom. The molecule has 0 aliphatic carbocycles. The van der Waals surface area contributed by atoms with Crippen LogP contribution in [0.15, 0.2) is 58.6 Å². The van der Waals surface area contributed by atoms with Gasteiger partial charge in [-0.05, 0) is 42.5 Å². The van der Waals surface area contributed by atoms with Crippen molar-refractivity contribution in [3.05, 3.63) is 59.7 Å². The highest BCUT2D eigenvalue weighted by molar-refractivity contribution is 7.98. The molecule has 0 bridgehead atoms. The molecule has 0 saturated heterocycles. The zero-order valence-corrected chi connectivity index (χ0v) is 13.4. The van der Waals surface area contributed by atoms with Crippen molar-refractivity contribution < 1.29 is 9.63 Å². The summed E-state index contributed by atoms with van der Waals surface area (Å²) in [5.41, 5.74) is 2.83. The number of benzene rings is 2. The lowest BCUT2D eigenvalue weighted by atomic mass is 10.1. The van der Waals surface area contributed by atoms with Crippen molar-refractivity contribution in [1.29, 1.82) is 0 Å². The maximum Gasteiger partial charge on any atom is 0.265 e. The molecule has 0 heterocycles. The molecule has 0 atom stereocenters. The molecule has 5 heteroatoms. The second kappa shape index (κ2) is 8.24. The summed E-state index contributed by atoms with van der Waals surface area (Å²) in [7, 11) is 0. The maximum atomic E-state index is 11.8. The van der Waals surface area contributed by atoms with Crippen molar-refractivity contribution in [3.8, 4) is 0 Å². The SMILES string of the molecule is CSc1cccc(NC(=O)CO/N=C\c2ccccc2C)c1. The van der Waals surface area contributed by atoms with Gasteiger partial charge in [-0.25, -0.2) is 0 Å². The first-order chi connectivity index (χ1) is 10.7. The van der Waals surface area contributed by atoms with Crippen LogP contribution in [0.25, 0.3) is 0 Å². The molecular formula is C17H18N2O2S. The highest BCUT2D eigenvalue weighted by Gasteiger charge is 2.03. The van der Waals surface area contributed by atoms with Gasteiger partial charge in [0.15, 0.2) is 6.61 Å². The summed E-state index contributed by atoms with van der Waals surface area (Å²) in [5, 5.41) is 6.60. The summed E-state index contributed by atoms with van der Waals surface area (Å²) < 4.78 is 0. The fourth-order valence-corrected chi connectivity index (χ4v) is 2.28. The number of carbonyl (C=O) groups excluding carboxylic acids is 1. The van der Waals surface area contributed by atoms with Gasteiger partial charge in [-0.2, -0.15) is 0 Å². The number of nitrogens with zero attached hydrogens (tertiary/aromatic N) is 1. The largest absolute Gasteiger partial charge is 0.386 e. The van der Waals surface area contributed by atoms with Crippen LogP contribution < -0.4 is 5.32 Å². The summed E-state index contributed by atoms with van der Waals surface area (Å²) in [6.45, 7) is 1.87. The zero-order chi connectivity index (χ0) is 15.8. The van der Waals surface area contributed by atoms with Gasteiger partial charge < -0.3 is 10.2 Å². The van der Waals surface area contributed by atoms with Crippen molar-refractivity contribution in [2.24, 2.45) is 5.16 Å². The number of carbonyl (C=O) groups is 1. The number of oxime groups is 1. The molecule has 1 N–H and O–H groups in total. The van der Waals surface area contributed by atoms with E-state index in [1.807, 2.05) is 61.7 Å². The van der Waals surface area contributed by atoms with E-state index in [1.165, 1.54) is 0 Å². The number of rotatable bonds is 6. The van der Waals surface area contributed by atoms with Gasteiger partial charge in [0.05, 0.1) is 6.21 Å². The van der Waals surface area contributed by atoms with Crippen molar-refractivity contribution in [1.82, 2.24) is 0 Å². The standard InChI is InChI=1S/C17H18N2O2S/c1-13-6-3-4-7-14(13)11-18-21-12-17(20)19-15-8-5-9-16(10-15)22-2/h3-11H,12H2,1-2H3,(H,19,20)/b18-11-. The van der Waals surface area contributed by atoms with Crippen LogP contribution >= 0.6 is 11.8 Å². The minimum absolute atomic E-state index is 0.119. The van der Waals surface area contributed by atoms with E-state index in [-0.39, 0.29) is 12.5 Å². The molecule has 2 aromatic carbocycles. The smallest absolute Gasteiger partial charge is 0.265 e. The molecule has 0 fully saturated rings. The Labute approximate surface area is 134 Å². The molecule has 2 rings (SSSR count). The molecule has 0 spiro atoms. The highest BCUT2D eigenvalue weighted by atomic mass is 32.2. The third-order valence-corrected chi connectivity index (χ3v) is 3.73. The van der Waals surface area contributed by atoms with Crippen LogP contribution in [0.5, 0.6) is 0 Å². The molecule has 0 aliphatic rings. The predicted octanol–water partition coefficient (Wildman–Crippen LogP) is 3.71. The van der Waals surface area contributed by atoms with Crippen LogP contribution in [-0.2, 0) is 9.63 Å². The van der Waals surface area contributed by atoms with Crippen molar-refractivity contribution in [3.63, 3.8) is 0 Å². The number of nitrogens with one attached hydrogen (secondary N) is 1. The van der Waals surface area contributed by atoms with Crippen molar-refractivity contribution in [2.75, 3.05) is 18.2 Å². The fraction of sp³-hybridized carbons (Fsp3) is 0.176. The normalized spacial score (nSPS) is 10.6. The maximum absolute atomic E-state index is 11.8. The molecule has 0 saturated carbocycles. The van der Waals surface area contributed by atoms with Gasteiger partial charge in [-0.15, -0.1) is 11.8 Å². The lowest BCUT2D eigenvalue weighted by Gasteiger charge is -2.05. The molecule has 0 unspecified atom stereocenters. The first-order valence-electron chi connectivity index (χ1n) is 6.84. The average Bonchev–Trinajstić information content (AvgIpc) is 2.53. The monoisotopic (exact) mass is 314 g/mol. The molecular weight excluding hydrogens is 296 g/mol. The summed E-state index contributed by atoms with van der Waals surface area (Å²) in [5.74, 6) is -0.236. The topological polar surface area (TPSA) is 50.7 Å². The second-order valence-corrected chi connectivity index (χ2v) is 5.52. The zero-order valence-electron chi connectivity index (χ0n) is 12.6. The Morgan fingerprint density at radius 1 is 1.27 bits per heavy atom. The summed E-state index contributed by atoms with van der Waals surface area (Å²) in [6, 6.07) is 15.5. The number of amides is 1. The predicted molar refractivity (Wildman–Crippen MR) is 91.6 cm³/mol. The number of hydrogen-bond donors (Lipinski definition) is 1. The van der Waals surface area contributed by atoms with E-state index in [2.05, 4.69) is 10.5 Å². The molecule has 0 aromatic heterocycles. The number of thioether (sulfide) groups is 1. The van der Waals surface area contributed by atoms with Crippen LogP contribution in [-0.4, -0.2) is 25.0 Å². The van der Waals surface area contributed by atoms with E-state index in [1.54, 1.807) is 18.0 Å². The molecule has 1 amide bonds. The average molecular weight is 314 g/mol. The van der Waals surface area contributed by atoms with E-state index in [0.29, 0.717) is 0 Å². The quantitative estimate of drug-likeness (QED) is 0.502. The van der Waals surface area contributed by atoms with Gasteiger partial charge in [0.1, 0.15) is 0 Å². The number of aryl methyl sites for hydroxylation is 1. The van der Waals surface area contributed by atoms with Gasteiger partial charge >= 0.3 is 0 Å². The van der Waals surface area contributed by atoms with Crippen LogP contribution in [0.4, 0.5) is 5.69 Å². The van der Waals surface area contributed by atoms with E-state index in [0.717, 1.165) is 21.7 Å². The fourth-order valence-electron chi connectivity index (χ4n) is 1.82. The first-order valence-corrected chi connectivity index (χ1v) is 8.06. The van der Waals surface area contributed by atoms with Gasteiger partial charge in [-0.1, -0.05) is 35.5 Å². The minimum Gasteiger partial charge on any atom is -0.386 e. The summed E-state index contributed by atoms with van der Waals surface area (Å²) in [4.78, 5) is 17.9. The molecule has 0 aliphatic heterocycles. The van der Waals surface area contributed by atoms with Gasteiger partial charge in [0, 0.05) is 10.6 Å². The van der Waals surface area contributed by atoms with Crippen LogP contribution in [0.2, 0.25) is 0 Å². The Hall–Kier alpha value is -2.27. The molecule has 114 valence electrons. The third kappa shape index (κ3) is 4.93. The highest BCUT2D eigenvalue weighted by Crippen LogP contribution is 2.18. The lowest BCUT2D eigenvalue weighted by Crippen LogP contribution is -2.16. The van der Waals surface area contributed by atoms with E-state index < -0.39 is 0 Å². The molecule has 2 aromatic rings. The number of hydrogen-bond acceptors (Lipinski definition) is 4. The van der Waals surface area contributed by atoms with Crippen LogP contribution in [0.3, 0.4) is 0 Å². The molecule has 4 nitrogen and oxygen atoms in total. The van der Waals surface area contributed by atoms with Crippen molar-refractivity contribution in [2.45, 2.75) is 11.8 Å². The first kappa shape index (κ1) is 16.1. The van der Waals surface area contributed by atoms with E-state index in [9.17, 15) is 4.79 Å². The Bertz CT molecular complexity index is 671. The Kier molecular flexibility index (Phi) is 6.03. The van der Waals surface area contributed by atoms with Crippen molar-refractivity contribution >= 4 is 29.6 Å². The summed E-state index contributed by atoms with van der Waals surface area (Å²) >= 11 is 1.62. The van der Waals surface area contributed by atoms with Gasteiger partial charge in [0.25, 0.3) is 5.91 Å². The van der Waals surface area contributed by atoms with Gasteiger partial charge in [-0.3, -0.25) is 4.79 Å². The Balaban J connectivity index is 1.81. The van der Waals surface area contributed by atoms with E-state index in [4.69, 9.17) is 4.84 Å². The molecule has 22 heavy (non-hydrogen) atoms. The second-order valence-electron chi connectivity index (χ2n) is 4.64. The molecule has 0 radical (unpaired) electrons. The van der Waals surface area contributed by atoms with E-state index >= 15 is 0 Å². The van der Waals surface area contributed by atoms with Crippen LogP contribution in [0, 0.1) is 6.92 Å². The summed E-state index contributed by atoms with van der Waals surface area (Å²) in [6.07, 6.45) is 3.60. The van der Waals surface area contributed by atoms with Gasteiger partial charge in [0.2, 0.25) is 0 Å². The Morgan fingerprint density at radius 3 is 2.86 bits per heavy atom. The number of anilines is 1. The minimum atomic E-state index is -0.236. The van der Waals surface area contributed by atoms with Crippen LogP contribution in [0.1, 0.15) is 11.1 Å².